The predicted molar refractivity (Wildman–Crippen MR) is 151 cm³/mol. The van der Waals surface area contributed by atoms with E-state index in [2.05, 4.69) is 27.3 Å². The van der Waals surface area contributed by atoms with Gasteiger partial charge in [0.2, 0.25) is 5.43 Å². The number of pyridine rings is 2. The second-order valence-electron chi connectivity index (χ2n) is 10.1. The van der Waals surface area contributed by atoms with Crippen LogP contribution in [0.5, 0.6) is 0 Å². The topological polar surface area (TPSA) is 87.4 Å². The first-order chi connectivity index (χ1) is 18.6. The molecule has 1 fully saturated rings. The second-order valence-corrected chi connectivity index (χ2v) is 10.1. The number of benzene rings is 2. The highest BCUT2D eigenvalue weighted by atomic mass is 16.2. The number of hydrogen-bond donors (Lipinski definition) is 2. The van der Waals surface area contributed by atoms with Crippen LogP contribution in [0.2, 0.25) is 0 Å². The van der Waals surface area contributed by atoms with Crippen LogP contribution >= 0.6 is 0 Å². The van der Waals surface area contributed by atoms with E-state index >= 15 is 0 Å². The summed E-state index contributed by atoms with van der Waals surface area (Å²) < 4.78 is 3.88. The zero-order valence-corrected chi connectivity index (χ0v) is 21.2. The molecular formula is C30H28N6O2. The van der Waals surface area contributed by atoms with E-state index in [0.29, 0.717) is 23.2 Å². The van der Waals surface area contributed by atoms with Crippen molar-refractivity contribution in [2.75, 3.05) is 26.2 Å². The predicted octanol–water partition coefficient (Wildman–Crippen LogP) is 4.31. The normalized spacial score (nSPS) is 14.3. The Kier molecular flexibility index (Phi) is 5.30. The summed E-state index contributed by atoms with van der Waals surface area (Å²) in [5.41, 5.74) is 5.49. The van der Waals surface area contributed by atoms with Crippen molar-refractivity contribution in [1.82, 2.24) is 29.2 Å². The van der Waals surface area contributed by atoms with Crippen molar-refractivity contribution < 1.29 is 4.79 Å². The van der Waals surface area contributed by atoms with Crippen molar-refractivity contribution in [3.63, 3.8) is 0 Å². The molecule has 1 aliphatic heterocycles. The lowest BCUT2D eigenvalue weighted by Gasteiger charge is -2.15. The molecule has 0 radical (unpaired) electrons. The second kappa shape index (κ2) is 8.85. The number of nitrogens with zero attached hydrogens (tertiary/aromatic N) is 4. The largest absolute Gasteiger partial charge is 0.361 e. The molecule has 1 amide bonds. The van der Waals surface area contributed by atoms with Crippen molar-refractivity contribution in [3.05, 3.63) is 82.6 Å². The van der Waals surface area contributed by atoms with E-state index in [0.717, 1.165) is 52.8 Å². The molecule has 190 valence electrons. The Morgan fingerprint density at radius 2 is 1.84 bits per heavy atom. The number of amides is 1. The summed E-state index contributed by atoms with van der Waals surface area (Å²) in [7, 11) is 1.90. The summed E-state index contributed by atoms with van der Waals surface area (Å²) in [6.45, 7) is 3.42. The minimum atomic E-state index is -0.347. The molecule has 0 unspecified atom stereocenters. The Balaban J connectivity index is 1.42. The van der Waals surface area contributed by atoms with Gasteiger partial charge in [-0.3, -0.25) is 14.0 Å². The van der Waals surface area contributed by atoms with E-state index in [1.165, 1.54) is 12.8 Å². The van der Waals surface area contributed by atoms with Gasteiger partial charge in [0, 0.05) is 37.4 Å². The number of fused-ring (bicyclic) bond motifs is 6. The molecule has 38 heavy (non-hydrogen) atoms. The smallest absolute Gasteiger partial charge is 0.259 e. The third-order valence-electron chi connectivity index (χ3n) is 7.79. The fourth-order valence-electron chi connectivity index (χ4n) is 5.84. The van der Waals surface area contributed by atoms with Crippen LogP contribution in [0, 0.1) is 0 Å². The van der Waals surface area contributed by atoms with Crippen molar-refractivity contribution in [2.45, 2.75) is 12.8 Å². The van der Waals surface area contributed by atoms with Gasteiger partial charge >= 0.3 is 0 Å². The van der Waals surface area contributed by atoms with Gasteiger partial charge in [-0.2, -0.15) is 0 Å². The Hall–Kier alpha value is -4.43. The minimum Gasteiger partial charge on any atom is -0.361 e. The molecule has 1 aliphatic rings. The van der Waals surface area contributed by atoms with E-state index in [1.807, 2.05) is 64.7 Å². The number of rotatable bonds is 5. The van der Waals surface area contributed by atoms with Crippen LogP contribution in [-0.2, 0) is 7.05 Å². The van der Waals surface area contributed by atoms with Crippen LogP contribution in [0.25, 0.3) is 49.9 Å². The summed E-state index contributed by atoms with van der Waals surface area (Å²) in [6, 6.07) is 19.8. The van der Waals surface area contributed by atoms with Crippen LogP contribution < -0.4 is 10.7 Å². The van der Waals surface area contributed by atoms with Crippen molar-refractivity contribution in [3.8, 4) is 11.3 Å². The molecule has 5 heterocycles. The first kappa shape index (κ1) is 22.7. The molecule has 6 aromatic rings. The summed E-state index contributed by atoms with van der Waals surface area (Å²) in [6.07, 6.45) is 4.31. The Morgan fingerprint density at radius 1 is 1.03 bits per heavy atom. The molecule has 2 N–H and O–H groups in total. The third-order valence-corrected chi connectivity index (χ3v) is 7.79. The molecule has 0 saturated carbocycles. The first-order valence-corrected chi connectivity index (χ1v) is 13.1. The van der Waals surface area contributed by atoms with Gasteiger partial charge in [0.15, 0.2) is 5.65 Å². The monoisotopic (exact) mass is 504 g/mol. The number of imidazole rings is 1. The fourth-order valence-corrected chi connectivity index (χ4v) is 5.84. The maximum absolute atomic E-state index is 13.9. The Labute approximate surface area is 218 Å². The summed E-state index contributed by atoms with van der Waals surface area (Å²) in [5, 5.41) is 4.57. The number of aromatic amines is 1. The molecule has 8 nitrogen and oxygen atoms in total. The molecular weight excluding hydrogens is 476 g/mol. The van der Waals surface area contributed by atoms with Crippen molar-refractivity contribution >= 4 is 44.5 Å². The van der Waals surface area contributed by atoms with Crippen LogP contribution in [0.1, 0.15) is 23.2 Å². The van der Waals surface area contributed by atoms with Gasteiger partial charge < -0.3 is 19.8 Å². The maximum atomic E-state index is 13.9. The Bertz CT molecular complexity index is 1920. The van der Waals surface area contributed by atoms with Crippen LogP contribution in [0.3, 0.4) is 0 Å². The number of likely N-dealkylation sites (tertiary alicyclic amines) is 1. The number of carbonyl (C=O) groups is 1. The number of H-pyrrole nitrogens is 1. The average Bonchev–Trinajstić information content (AvgIpc) is 3.69. The Morgan fingerprint density at radius 3 is 2.68 bits per heavy atom. The van der Waals surface area contributed by atoms with Crippen LogP contribution in [0.4, 0.5) is 0 Å². The number of carbonyl (C=O) groups excluding carboxylic acids is 1. The molecule has 8 heteroatoms. The lowest BCUT2D eigenvalue weighted by atomic mass is 10.1. The van der Waals surface area contributed by atoms with Gasteiger partial charge in [-0.1, -0.05) is 24.3 Å². The summed E-state index contributed by atoms with van der Waals surface area (Å²) in [4.78, 5) is 38.0. The molecule has 2 aromatic carbocycles. The van der Waals surface area contributed by atoms with Gasteiger partial charge in [0.05, 0.1) is 22.1 Å². The van der Waals surface area contributed by atoms with Gasteiger partial charge in [0.25, 0.3) is 5.91 Å². The number of hydrogen-bond acceptors (Lipinski definition) is 4. The average molecular weight is 505 g/mol. The molecule has 0 aliphatic carbocycles. The molecule has 4 aromatic heterocycles. The van der Waals surface area contributed by atoms with Crippen LogP contribution in [-0.4, -0.2) is 55.9 Å². The SMILES string of the molecule is Cn1c2ccccc2n2c3nc(-c4ccc5cc[nH]c5c4)ccc3c(=O)c(C(=O)NCCN3CCCC3)c12. The van der Waals surface area contributed by atoms with E-state index in [4.69, 9.17) is 4.98 Å². The van der Waals surface area contributed by atoms with E-state index < -0.39 is 0 Å². The quantitative estimate of drug-likeness (QED) is 0.366. The van der Waals surface area contributed by atoms with E-state index in [9.17, 15) is 9.59 Å². The standard InChI is InChI=1S/C30H28N6O2/c1-34-24-6-2-3-7-25(24)36-28-21(10-11-22(33-28)20-9-8-19-12-13-31-23(19)18-20)27(37)26(30(34)36)29(38)32-14-17-35-15-4-5-16-35/h2-3,6-13,18,31H,4-5,14-17H2,1H3,(H,32,38). The lowest BCUT2D eigenvalue weighted by molar-refractivity contribution is 0.0950. The summed E-state index contributed by atoms with van der Waals surface area (Å²) in [5.74, 6) is -0.347. The lowest BCUT2D eigenvalue weighted by Crippen LogP contribution is -2.36. The zero-order chi connectivity index (χ0) is 25.8. The van der Waals surface area contributed by atoms with E-state index in [-0.39, 0.29) is 16.9 Å². The number of nitrogens with one attached hydrogen (secondary N) is 2. The van der Waals surface area contributed by atoms with Crippen molar-refractivity contribution in [2.24, 2.45) is 7.05 Å². The third kappa shape index (κ3) is 3.52. The van der Waals surface area contributed by atoms with Crippen LogP contribution in [0.15, 0.2) is 71.7 Å². The van der Waals surface area contributed by atoms with Crippen molar-refractivity contribution in [1.29, 1.82) is 0 Å². The van der Waals surface area contributed by atoms with Gasteiger partial charge in [-0.15, -0.1) is 0 Å². The molecule has 0 spiro atoms. The number of aromatic nitrogens is 4. The molecule has 0 atom stereocenters. The maximum Gasteiger partial charge on any atom is 0.259 e. The summed E-state index contributed by atoms with van der Waals surface area (Å²) >= 11 is 0. The fraction of sp³-hybridized carbons (Fsp3) is 0.233. The number of aryl methyl sites for hydroxylation is 1. The minimum absolute atomic E-state index is 0.153. The molecule has 0 bridgehead atoms. The first-order valence-electron chi connectivity index (χ1n) is 13.1. The highest BCUT2D eigenvalue weighted by molar-refractivity contribution is 6.06. The number of para-hydroxylation sites is 2. The van der Waals surface area contributed by atoms with E-state index in [1.54, 1.807) is 6.07 Å². The van der Waals surface area contributed by atoms with Gasteiger partial charge in [0.1, 0.15) is 11.2 Å². The highest BCUT2D eigenvalue weighted by Crippen LogP contribution is 2.28. The zero-order valence-electron chi connectivity index (χ0n) is 21.2. The molecule has 7 rings (SSSR count). The van der Waals surface area contributed by atoms with Gasteiger partial charge in [-0.25, -0.2) is 4.98 Å². The van der Waals surface area contributed by atoms with Gasteiger partial charge in [-0.05, 0) is 67.7 Å². The molecule has 1 saturated heterocycles. The highest BCUT2D eigenvalue weighted by Gasteiger charge is 2.24.